The van der Waals surface area contributed by atoms with E-state index in [0.717, 1.165) is 0 Å². The summed E-state index contributed by atoms with van der Waals surface area (Å²) in [5, 5.41) is 33.6. The van der Waals surface area contributed by atoms with Crippen LogP contribution in [-0.2, 0) is 44.7 Å². The Labute approximate surface area is 340 Å². The molecule has 1 aromatic carbocycles. The van der Waals surface area contributed by atoms with Gasteiger partial charge < -0.3 is 29.8 Å². The molecule has 2 bridgehead atoms. The Bertz CT molecular complexity index is 1750. The van der Waals surface area contributed by atoms with Crippen LogP contribution in [0.3, 0.4) is 0 Å². The Kier molecular flexibility index (Phi) is 19.4. The van der Waals surface area contributed by atoms with Crippen LogP contribution in [0.4, 0.5) is 0 Å². The Balaban J connectivity index is 2.05. The molecule has 15 nitrogen and oxygen atoms in total. The van der Waals surface area contributed by atoms with E-state index in [1.165, 1.54) is 36.2 Å². The lowest BCUT2D eigenvalue weighted by Crippen LogP contribution is -2.61. The lowest BCUT2D eigenvalue weighted by Gasteiger charge is -2.36. The number of fused-ring (bicyclic) bond motifs is 2. The molecule has 3 rings (SSSR count). The van der Waals surface area contributed by atoms with Crippen LogP contribution in [0.15, 0.2) is 82.6 Å². The summed E-state index contributed by atoms with van der Waals surface area (Å²) in [5.41, 5.74) is 4.18. The van der Waals surface area contributed by atoms with Crippen LogP contribution >= 0.6 is 0 Å². The highest BCUT2D eigenvalue weighted by Gasteiger charge is 2.36. The SMILES string of the molecule is CCOC(=O)/C=C/C=C(\C)[C@@H]1C/C=C/C=C/C[C@H](C)[C@@H](O)[C@@H](CCC(C)=O)C(=O)N=N[C@@H](C(C)C)C(=O)N[C@@H](Cc2cccc(O)c2)C(=O)N2CCCC(N2)C(=O)O1. The third-order valence-corrected chi connectivity index (χ3v) is 9.89. The van der Waals surface area contributed by atoms with Gasteiger partial charge in [0.2, 0.25) is 5.91 Å². The summed E-state index contributed by atoms with van der Waals surface area (Å²) in [5.74, 6) is -5.30. The zero-order chi connectivity index (χ0) is 42.8. The molecule has 1 fully saturated rings. The van der Waals surface area contributed by atoms with Crippen molar-refractivity contribution in [3.8, 4) is 5.75 Å². The number of esters is 2. The molecule has 0 saturated carbocycles. The molecule has 0 radical (unpaired) electrons. The number of cyclic esters (lactones) is 1. The maximum Gasteiger partial charge on any atom is 0.330 e. The average Bonchev–Trinajstić information content (AvgIpc) is 3.17. The summed E-state index contributed by atoms with van der Waals surface area (Å²) < 4.78 is 11.0. The van der Waals surface area contributed by atoms with Gasteiger partial charge in [-0.1, -0.05) is 69.4 Å². The highest BCUT2D eigenvalue weighted by Crippen LogP contribution is 2.24. The number of azo groups is 1. The molecule has 0 aliphatic carbocycles. The van der Waals surface area contributed by atoms with Gasteiger partial charge in [0.25, 0.3) is 11.8 Å². The number of nitrogens with zero attached hydrogens (tertiary/aromatic N) is 3. The number of carbonyl (C=O) groups is 6. The van der Waals surface area contributed by atoms with Gasteiger partial charge >= 0.3 is 11.9 Å². The zero-order valence-corrected chi connectivity index (χ0v) is 34.3. The number of hydrazine groups is 1. The Hall–Kier alpha value is -5.28. The number of aliphatic hydroxyl groups is 1. The van der Waals surface area contributed by atoms with Crippen LogP contribution < -0.4 is 10.7 Å². The van der Waals surface area contributed by atoms with Crippen molar-refractivity contribution in [2.45, 2.75) is 117 Å². The number of hydrogen-bond donors (Lipinski definition) is 4. The number of Topliss-reactive ketones (excluding diaryl/α,β-unsaturated/α-hetero) is 1. The predicted molar refractivity (Wildman–Crippen MR) is 216 cm³/mol. The molecule has 0 aromatic heterocycles. The molecular formula is C43H59N5O10. The number of aromatic hydroxyl groups is 1. The number of allylic oxidation sites excluding steroid dienone is 5. The molecule has 58 heavy (non-hydrogen) atoms. The monoisotopic (exact) mass is 805 g/mol. The van der Waals surface area contributed by atoms with E-state index >= 15 is 0 Å². The maximum atomic E-state index is 14.2. The van der Waals surface area contributed by atoms with Gasteiger partial charge in [-0.25, -0.2) is 10.2 Å². The lowest BCUT2D eigenvalue weighted by atomic mass is 9.86. The van der Waals surface area contributed by atoms with Crippen LogP contribution in [0.25, 0.3) is 0 Å². The van der Waals surface area contributed by atoms with E-state index in [2.05, 4.69) is 21.0 Å². The van der Waals surface area contributed by atoms with E-state index in [4.69, 9.17) is 9.47 Å². The van der Waals surface area contributed by atoms with Crippen LogP contribution in [0, 0.1) is 17.8 Å². The second-order valence-corrected chi connectivity index (χ2v) is 15.1. The lowest BCUT2D eigenvalue weighted by molar-refractivity contribution is -0.156. The molecular weight excluding hydrogens is 746 g/mol. The third-order valence-electron chi connectivity index (χ3n) is 9.89. The van der Waals surface area contributed by atoms with Crippen LogP contribution in [0.2, 0.25) is 0 Å². The number of hydrogen-bond acceptors (Lipinski definition) is 12. The number of phenolic OH excluding ortho intramolecular Hbond substituents is 1. The van der Waals surface area contributed by atoms with E-state index in [0.29, 0.717) is 30.4 Å². The quantitative estimate of drug-likeness (QED) is 0.143. The molecule has 0 spiro atoms. The Morgan fingerprint density at radius 2 is 1.83 bits per heavy atom. The zero-order valence-electron chi connectivity index (χ0n) is 34.3. The van der Waals surface area contributed by atoms with E-state index in [9.17, 15) is 39.0 Å². The molecule has 1 unspecified atom stereocenters. The Morgan fingerprint density at radius 3 is 2.50 bits per heavy atom. The molecule has 3 amide bonds. The minimum absolute atomic E-state index is 0.0316. The highest BCUT2D eigenvalue weighted by atomic mass is 16.5. The van der Waals surface area contributed by atoms with Gasteiger partial charge in [-0.15, -0.1) is 5.11 Å². The standard InChI is InChI=1S/C43H59N5O10/c1-7-57-37(51)21-12-16-28(4)36-20-11-9-8-10-15-29(5)39(52)33(23-22-30(6)49)40(53)46-45-38(27(2)3)41(54)44-35(26-31-17-13-18-32(50)25-31)42(55)48-24-14-19-34(47-48)43(56)58-36/h8-13,16-18,21,25,27,29,33-36,38-39,47,50,52H,7,14-15,19-20,22-24,26H2,1-6H3,(H,44,54)/b10-8+,11-9+,21-12+,28-16+,46-45?/t29-,33+,34?,35-,36-,38-,39+/m0/s1. The molecule has 2 aliphatic heterocycles. The van der Waals surface area contributed by atoms with Gasteiger partial charge in [0.15, 0.2) is 6.04 Å². The normalized spacial score (nSPS) is 27.2. The number of benzene rings is 1. The molecule has 316 valence electrons. The largest absolute Gasteiger partial charge is 0.508 e. The molecule has 7 atom stereocenters. The van der Waals surface area contributed by atoms with Crippen LogP contribution in [0.5, 0.6) is 5.75 Å². The van der Waals surface area contributed by atoms with Gasteiger partial charge in [-0.2, -0.15) is 5.11 Å². The van der Waals surface area contributed by atoms with Crippen molar-refractivity contribution in [2.75, 3.05) is 13.2 Å². The number of phenols is 1. The molecule has 2 heterocycles. The summed E-state index contributed by atoms with van der Waals surface area (Å²) in [7, 11) is 0. The van der Waals surface area contributed by atoms with Crippen molar-refractivity contribution in [1.82, 2.24) is 15.8 Å². The van der Waals surface area contributed by atoms with E-state index in [1.54, 1.807) is 71.1 Å². The number of carbonyl (C=O) groups excluding carboxylic acids is 6. The summed E-state index contributed by atoms with van der Waals surface area (Å²) in [6.45, 7) is 10.5. The fourth-order valence-electron chi connectivity index (χ4n) is 6.47. The third kappa shape index (κ3) is 15.2. The number of nitrogens with one attached hydrogen (secondary N) is 2. The minimum Gasteiger partial charge on any atom is -0.508 e. The van der Waals surface area contributed by atoms with Crippen molar-refractivity contribution in [3.05, 3.63) is 77.9 Å². The van der Waals surface area contributed by atoms with Gasteiger partial charge in [-0.05, 0) is 81.6 Å². The van der Waals surface area contributed by atoms with Crippen molar-refractivity contribution >= 4 is 35.4 Å². The first-order valence-electron chi connectivity index (χ1n) is 19.9. The number of rotatable bonds is 10. The molecule has 15 heteroatoms. The van der Waals surface area contributed by atoms with Crippen molar-refractivity contribution in [1.29, 1.82) is 0 Å². The van der Waals surface area contributed by atoms with Gasteiger partial charge in [0.1, 0.15) is 29.7 Å². The van der Waals surface area contributed by atoms with E-state index < -0.39 is 77.7 Å². The average molecular weight is 806 g/mol. The molecule has 4 N–H and O–H groups in total. The maximum absolute atomic E-state index is 14.2. The molecule has 2 aliphatic rings. The number of amides is 3. The summed E-state index contributed by atoms with van der Waals surface area (Å²) in [6, 6.07) is 2.95. The van der Waals surface area contributed by atoms with Crippen LogP contribution in [0.1, 0.15) is 85.6 Å². The fraction of sp³-hybridized carbons (Fsp3) is 0.535. The van der Waals surface area contributed by atoms with Crippen molar-refractivity contribution in [3.63, 3.8) is 0 Å². The van der Waals surface area contributed by atoms with Crippen molar-refractivity contribution in [2.24, 2.45) is 28.0 Å². The molecule has 1 aromatic rings. The summed E-state index contributed by atoms with van der Waals surface area (Å²) >= 11 is 0. The second-order valence-electron chi connectivity index (χ2n) is 15.1. The first kappa shape index (κ1) is 47.1. The van der Waals surface area contributed by atoms with Gasteiger partial charge in [-0.3, -0.25) is 24.2 Å². The van der Waals surface area contributed by atoms with Gasteiger partial charge in [0, 0.05) is 31.9 Å². The summed E-state index contributed by atoms with van der Waals surface area (Å²) in [4.78, 5) is 79.2. The van der Waals surface area contributed by atoms with E-state index in [1.807, 2.05) is 6.08 Å². The van der Waals surface area contributed by atoms with Gasteiger partial charge in [0.05, 0.1) is 18.6 Å². The smallest absolute Gasteiger partial charge is 0.330 e. The molecule has 1 saturated heterocycles. The highest BCUT2D eigenvalue weighted by molar-refractivity contribution is 5.91. The van der Waals surface area contributed by atoms with Crippen molar-refractivity contribution < 1.29 is 48.5 Å². The van der Waals surface area contributed by atoms with E-state index in [-0.39, 0.29) is 50.4 Å². The summed E-state index contributed by atoms with van der Waals surface area (Å²) in [6.07, 6.45) is 11.2. The Morgan fingerprint density at radius 1 is 1.10 bits per heavy atom. The number of aliphatic hydroxyl groups excluding tert-OH is 1. The first-order chi connectivity index (χ1) is 27.6. The number of ketones is 1. The number of ether oxygens (including phenoxy) is 2. The first-order valence-corrected chi connectivity index (χ1v) is 19.9. The fourth-order valence-corrected chi connectivity index (χ4v) is 6.47. The van der Waals surface area contributed by atoms with Crippen LogP contribution in [-0.4, -0.2) is 94.2 Å². The second kappa shape index (κ2) is 23.8. The minimum atomic E-state index is -1.21. The predicted octanol–water partition coefficient (Wildman–Crippen LogP) is 4.78. The topological polar surface area (TPSA) is 213 Å².